The number of nitrogen functional groups attached to an aromatic ring is 1. The van der Waals surface area contributed by atoms with Crippen molar-refractivity contribution in [2.24, 2.45) is 0 Å². The molecule has 0 atom stereocenters. The lowest BCUT2D eigenvalue weighted by Gasteiger charge is -2.06. The first kappa shape index (κ1) is 12.8. The van der Waals surface area contributed by atoms with Gasteiger partial charge in [0.25, 0.3) is 5.91 Å². The van der Waals surface area contributed by atoms with E-state index in [2.05, 4.69) is 15.5 Å². The number of carbonyl (C=O) groups is 1. The van der Waals surface area contributed by atoms with Crippen molar-refractivity contribution in [2.45, 2.75) is 0 Å². The number of nitrogens with one attached hydrogen (secondary N) is 1. The number of nitrogens with zero attached hydrogens (tertiary/aromatic N) is 3. The number of hydrogen-bond donors (Lipinski definition) is 2. The zero-order valence-corrected chi connectivity index (χ0v) is 10.3. The molecule has 94 valence electrons. The highest BCUT2D eigenvalue weighted by Gasteiger charge is 2.11. The number of benzene rings is 1. The fraction of sp³-hybridized carbons (Fsp3) is 0. The number of halogens is 1. The molecule has 6 nitrogen and oxygen atoms in total. The summed E-state index contributed by atoms with van der Waals surface area (Å²) in [5.41, 5.74) is 6.10. The molecule has 1 amide bonds. The largest absolute Gasteiger partial charge is 0.382 e. The minimum Gasteiger partial charge on any atom is -0.382 e. The fourth-order valence-corrected chi connectivity index (χ4v) is 1.54. The molecule has 2 aromatic rings. The quantitative estimate of drug-likeness (QED) is 0.868. The summed E-state index contributed by atoms with van der Waals surface area (Å²) >= 11 is 5.82. The molecule has 19 heavy (non-hydrogen) atoms. The van der Waals surface area contributed by atoms with E-state index in [0.29, 0.717) is 16.3 Å². The number of rotatable bonds is 2. The molecule has 0 saturated heterocycles. The molecule has 0 saturated carbocycles. The minimum atomic E-state index is -0.494. The van der Waals surface area contributed by atoms with Crippen molar-refractivity contribution in [1.29, 1.82) is 5.26 Å². The van der Waals surface area contributed by atoms with Crippen molar-refractivity contribution < 1.29 is 4.79 Å². The zero-order valence-electron chi connectivity index (χ0n) is 9.59. The number of aromatic nitrogens is 2. The molecular formula is C12H8ClN5O. The van der Waals surface area contributed by atoms with Gasteiger partial charge in [-0.15, -0.1) is 10.2 Å². The molecule has 1 heterocycles. The van der Waals surface area contributed by atoms with Gasteiger partial charge in [0.1, 0.15) is 11.9 Å². The summed E-state index contributed by atoms with van der Waals surface area (Å²) in [5, 5.41) is 19.1. The third-order valence-corrected chi connectivity index (χ3v) is 2.50. The van der Waals surface area contributed by atoms with Crippen LogP contribution in [-0.2, 0) is 0 Å². The Morgan fingerprint density at radius 3 is 2.74 bits per heavy atom. The van der Waals surface area contributed by atoms with E-state index in [0.717, 1.165) is 0 Å². The van der Waals surface area contributed by atoms with Gasteiger partial charge in [-0.25, -0.2) is 0 Å². The topological polar surface area (TPSA) is 105 Å². The van der Waals surface area contributed by atoms with Gasteiger partial charge in [0.2, 0.25) is 0 Å². The average Bonchev–Trinajstić information content (AvgIpc) is 2.39. The SMILES string of the molecule is N#Cc1ccc(Cl)cc1NC(=O)c1ccc(N)nn1. The lowest BCUT2D eigenvalue weighted by atomic mass is 10.2. The number of nitriles is 1. The molecule has 0 aliphatic carbocycles. The number of hydrogen-bond acceptors (Lipinski definition) is 5. The standard InChI is InChI=1S/C12H8ClN5O/c13-8-2-1-7(6-14)10(5-8)16-12(19)9-3-4-11(15)18-17-9/h1-5H,(H2,15,18)(H,16,19). The Hall–Kier alpha value is -2.65. The van der Waals surface area contributed by atoms with E-state index in [9.17, 15) is 4.79 Å². The number of anilines is 2. The number of nitrogens with two attached hydrogens (primary N) is 1. The molecule has 0 aliphatic heterocycles. The van der Waals surface area contributed by atoms with Gasteiger partial charge in [0, 0.05) is 5.02 Å². The first-order valence-corrected chi connectivity index (χ1v) is 5.58. The third-order valence-electron chi connectivity index (χ3n) is 2.27. The maximum atomic E-state index is 11.9. The molecule has 0 unspecified atom stereocenters. The predicted octanol–water partition coefficient (Wildman–Crippen LogP) is 1.84. The van der Waals surface area contributed by atoms with Gasteiger partial charge in [-0.3, -0.25) is 4.79 Å². The van der Waals surface area contributed by atoms with Gasteiger partial charge in [0.15, 0.2) is 5.69 Å². The van der Waals surface area contributed by atoms with Gasteiger partial charge in [-0.1, -0.05) is 11.6 Å². The second kappa shape index (κ2) is 5.33. The van der Waals surface area contributed by atoms with Gasteiger partial charge in [-0.2, -0.15) is 5.26 Å². The molecule has 0 fully saturated rings. The smallest absolute Gasteiger partial charge is 0.276 e. The van der Waals surface area contributed by atoms with Gasteiger partial charge < -0.3 is 11.1 Å². The van der Waals surface area contributed by atoms with Crippen LogP contribution in [-0.4, -0.2) is 16.1 Å². The summed E-state index contributed by atoms with van der Waals surface area (Å²) in [4.78, 5) is 11.9. The maximum Gasteiger partial charge on any atom is 0.276 e. The van der Waals surface area contributed by atoms with Crippen molar-refractivity contribution in [1.82, 2.24) is 10.2 Å². The Kier molecular flexibility index (Phi) is 3.59. The Bertz CT molecular complexity index is 663. The summed E-state index contributed by atoms with van der Waals surface area (Å²) in [6, 6.07) is 9.44. The first-order valence-electron chi connectivity index (χ1n) is 5.20. The third kappa shape index (κ3) is 2.97. The Balaban J connectivity index is 2.26. The molecule has 0 spiro atoms. The van der Waals surface area contributed by atoms with Gasteiger partial charge in [-0.05, 0) is 30.3 Å². The average molecular weight is 274 g/mol. The van der Waals surface area contributed by atoms with E-state index in [4.69, 9.17) is 22.6 Å². The van der Waals surface area contributed by atoms with Crippen molar-refractivity contribution in [2.75, 3.05) is 11.1 Å². The molecule has 0 bridgehead atoms. The van der Waals surface area contributed by atoms with Crippen LogP contribution in [0.4, 0.5) is 11.5 Å². The molecule has 1 aromatic heterocycles. The summed E-state index contributed by atoms with van der Waals surface area (Å²) < 4.78 is 0. The fourth-order valence-electron chi connectivity index (χ4n) is 1.37. The van der Waals surface area contributed by atoms with Gasteiger partial charge in [0.05, 0.1) is 11.3 Å². The van der Waals surface area contributed by atoms with Gasteiger partial charge >= 0.3 is 0 Å². The highest BCUT2D eigenvalue weighted by Crippen LogP contribution is 2.20. The van der Waals surface area contributed by atoms with Crippen LogP contribution in [0.5, 0.6) is 0 Å². The molecule has 2 rings (SSSR count). The van der Waals surface area contributed by atoms with Crippen molar-refractivity contribution >= 4 is 29.0 Å². The van der Waals surface area contributed by atoms with E-state index in [1.54, 1.807) is 6.07 Å². The predicted molar refractivity (Wildman–Crippen MR) is 70.6 cm³/mol. The summed E-state index contributed by atoms with van der Waals surface area (Å²) in [7, 11) is 0. The monoisotopic (exact) mass is 273 g/mol. The molecular weight excluding hydrogens is 266 g/mol. The molecule has 7 heteroatoms. The molecule has 1 aromatic carbocycles. The second-order valence-electron chi connectivity index (χ2n) is 3.60. The Morgan fingerprint density at radius 2 is 2.11 bits per heavy atom. The van der Waals surface area contributed by atoms with E-state index < -0.39 is 5.91 Å². The molecule has 0 aliphatic rings. The van der Waals surface area contributed by atoms with Crippen LogP contribution in [0.15, 0.2) is 30.3 Å². The van der Waals surface area contributed by atoms with Crippen LogP contribution in [0, 0.1) is 11.3 Å². The van der Waals surface area contributed by atoms with E-state index >= 15 is 0 Å². The zero-order chi connectivity index (χ0) is 13.8. The maximum absolute atomic E-state index is 11.9. The normalized spacial score (nSPS) is 9.68. The summed E-state index contributed by atoms with van der Waals surface area (Å²) in [5.74, 6) is -0.275. The molecule has 0 radical (unpaired) electrons. The highest BCUT2D eigenvalue weighted by molar-refractivity contribution is 6.31. The first-order chi connectivity index (χ1) is 9.10. The van der Waals surface area contributed by atoms with Crippen molar-refractivity contribution in [3.63, 3.8) is 0 Å². The van der Waals surface area contributed by atoms with Crippen LogP contribution in [0.1, 0.15) is 16.1 Å². The lowest BCUT2D eigenvalue weighted by molar-refractivity contribution is 0.102. The summed E-state index contributed by atoms with van der Waals surface area (Å²) in [6.45, 7) is 0. The van der Waals surface area contributed by atoms with Crippen LogP contribution < -0.4 is 11.1 Å². The number of carbonyl (C=O) groups excluding carboxylic acids is 1. The van der Waals surface area contributed by atoms with Crippen LogP contribution in [0.2, 0.25) is 5.02 Å². The lowest BCUT2D eigenvalue weighted by Crippen LogP contribution is -2.15. The Labute approximate surface area is 113 Å². The number of amides is 1. The minimum absolute atomic E-state index is 0.0954. The second-order valence-corrected chi connectivity index (χ2v) is 4.04. The van der Waals surface area contributed by atoms with E-state index in [1.807, 2.05) is 6.07 Å². The van der Waals surface area contributed by atoms with Crippen LogP contribution >= 0.6 is 11.6 Å². The highest BCUT2D eigenvalue weighted by atomic mass is 35.5. The Morgan fingerprint density at radius 1 is 1.32 bits per heavy atom. The van der Waals surface area contributed by atoms with Crippen LogP contribution in [0.25, 0.3) is 0 Å². The summed E-state index contributed by atoms with van der Waals surface area (Å²) in [6.07, 6.45) is 0. The van der Waals surface area contributed by atoms with Crippen molar-refractivity contribution in [3.8, 4) is 6.07 Å². The van der Waals surface area contributed by atoms with E-state index in [1.165, 1.54) is 24.3 Å². The van der Waals surface area contributed by atoms with Crippen molar-refractivity contribution in [3.05, 3.63) is 46.6 Å². The van der Waals surface area contributed by atoms with E-state index in [-0.39, 0.29) is 11.5 Å². The molecule has 3 N–H and O–H groups in total. The van der Waals surface area contributed by atoms with Crippen LogP contribution in [0.3, 0.4) is 0 Å².